The fraction of sp³-hybridized carbons (Fsp3) is 0.238. The molecule has 2 N–H and O–H groups in total. The molecule has 0 aliphatic rings. The molecule has 3 rings (SSSR count). The van der Waals surface area contributed by atoms with Crippen LogP contribution in [-0.4, -0.2) is 33.7 Å². The average Bonchev–Trinajstić information content (AvgIpc) is 3.17. The number of nitrogens with zero attached hydrogens (tertiary/aromatic N) is 3. The average molecular weight is 411 g/mol. The second kappa shape index (κ2) is 9.17. The fourth-order valence-corrected chi connectivity index (χ4v) is 3.06. The summed E-state index contributed by atoms with van der Waals surface area (Å²) in [7, 11) is 0. The number of non-ortho nitro benzene ring substituents is 1. The van der Waals surface area contributed by atoms with Crippen molar-refractivity contribution in [2.45, 2.75) is 19.8 Å². The smallest absolute Gasteiger partial charge is 0.269 e. The van der Waals surface area contributed by atoms with Crippen LogP contribution in [0.1, 0.15) is 35.8 Å². The van der Waals surface area contributed by atoms with Crippen LogP contribution >= 0.6 is 0 Å². The number of hydrogen-bond donors (Lipinski definition) is 2. The third-order valence-electron chi connectivity index (χ3n) is 4.49. The number of amides is 1. The molecular weight excluding hydrogens is 389 g/mol. The van der Waals surface area contributed by atoms with Gasteiger partial charge in [0, 0.05) is 30.9 Å². The Morgan fingerprint density at radius 3 is 2.40 bits per heavy atom. The van der Waals surface area contributed by atoms with E-state index in [1.165, 1.54) is 30.5 Å². The quantitative estimate of drug-likeness (QED) is 0.333. The lowest BCUT2D eigenvalue weighted by atomic mass is 10.1. The predicted octanol–water partition coefficient (Wildman–Crippen LogP) is 3.88. The molecule has 1 heterocycles. The number of hydrogen-bond acceptors (Lipinski definition) is 5. The summed E-state index contributed by atoms with van der Waals surface area (Å²) in [6.45, 7) is 4.73. The second-order valence-corrected chi connectivity index (χ2v) is 6.97. The molecule has 0 saturated heterocycles. The van der Waals surface area contributed by atoms with Gasteiger partial charge in [-0.3, -0.25) is 14.9 Å². The van der Waals surface area contributed by atoms with Crippen molar-refractivity contribution in [1.29, 1.82) is 0 Å². The Balaban J connectivity index is 1.62. The van der Waals surface area contributed by atoms with Crippen LogP contribution in [0.4, 0.5) is 15.8 Å². The summed E-state index contributed by atoms with van der Waals surface area (Å²) in [5, 5.41) is 20.9. The van der Waals surface area contributed by atoms with Crippen molar-refractivity contribution in [2.75, 3.05) is 18.4 Å². The number of benzene rings is 2. The van der Waals surface area contributed by atoms with Gasteiger partial charge in [-0.05, 0) is 42.3 Å². The van der Waals surface area contributed by atoms with Crippen molar-refractivity contribution in [1.82, 2.24) is 15.1 Å². The largest absolute Gasteiger partial charge is 0.383 e. The SMILES string of the molecule is CC(C)c1c(C(=O)NCCNc2ccc([N+](=O)[O-])cc2)cnn1-c1ccc(F)cc1. The molecule has 0 fully saturated rings. The van der Waals surface area contributed by atoms with Crippen LogP contribution in [0.25, 0.3) is 5.69 Å². The fourth-order valence-electron chi connectivity index (χ4n) is 3.06. The second-order valence-electron chi connectivity index (χ2n) is 6.97. The maximum atomic E-state index is 13.2. The van der Waals surface area contributed by atoms with Gasteiger partial charge in [0.15, 0.2) is 0 Å². The van der Waals surface area contributed by atoms with Gasteiger partial charge in [-0.1, -0.05) is 13.8 Å². The highest BCUT2D eigenvalue weighted by Crippen LogP contribution is 2.23. The minimum atomic E-state index is -0.456. The summed E-state index contributed by atoms with van der Waals surface area (Å²) < 4.78 is 14.9. The van der Waals surface area contributed by atoms with Crippen LogP contribution in [0.5, 0.6) is 0 Å². The highest BCUT2D eigenvalue weighted by Gasteiger charge is 2.20. The molecule has 0 spiro atoms. The van der Waals surface area contributed by atoms with Gasteiger partial charge in [-0.2, -0.15) is 5.10 Å². The van der Waals surface area contributed by atoms with Crippen LogP contribution < -0.4 is 10.6 Å². The van der Waals surface area contributed by atoms with Crippen molar-refractivity contribution in [2.24, 2.45) is 0 Å². The number of aromatic nitrogens is 2. The van der Waals surface area contributed by atoms with E-state index in [1.807, 2.05) is 13.8 Å². The molecule has 0 aliphatic heterocycles. The van der Waals surface area contributed by atoms with Gasteiger partial charge in [0.05, 0.1) is 28.1 Å². The van der Waals surface area contributed by atoms with Crippen LogP contribution in [0.2, 0.25) is 0 Å². The Morgan fingerprint density at radius 2 is 1.80 bits per heavy atom. The van der Waals surface area contributed by atoms with Crippen LogP contribution in [-0.2, 0) is 0 Å². The number of anilines is 1. The summed E-state index contributed by atoms with van der Waals surface area (Å²) >= 11 is 0. The van der Waals surface area contributed by atoms with Gasteiger partial charge < -0.3 is 10.6 Å². The van der Waals surface area contributed by atoms with E-state index >= 15 is 0 Å². The molecule has 156 valence electrons. The van der Waals surface area contributed by atoms with Gasteiger partial charge in [0.2, 0.25) is 0 Å². The summed E-state index contributed by atoms with van der Waals surface area (Å²) in [5.74, 6) is -0.565. The molecule has 0 unspecified atom stereocenters. The normalized spacial score (nSPS) is 10.8. The van der Waals surface area contributed by atoms with Gasteiger partial charge in [-0.15, -0.1) is 0 Å². The number of rotatable bonds is 8. The first-order chi connectivity index (χ1) is 14.4. The first-order valence-corrected chi connectivity index (χ1v) is 9.47. The minimum absolute atomic E-state index is 0.0215. The Labute approximate surface area is 172 Å². The molecule has 0 radical (unpaired) electrons. The Morgan fingerprint density at radius 1 is 1.13 bits per heavy atom. The summed E-state index contributed by atoms with van der Waals surface area (Å²) in [6, 6.07) is 12.0. The van der Waals surface area contributed by atoms with Crippen molar-refractivity contribution in [3.8, 4) is 5.69 Å². The van der Waals surface area contributed by atoms with E-state index in [4.69, 9.17) is 0 Å². The number of carbonyl (C=O) groups is 1. The highest BCUT2D eigenvalue weighted by atomic mass is 19.1. The zero-order valence-electron chi connectivity index (χ0n) is 16.6. The molecule has 1 aromatic heterocycles. The molecule has 0 saturated carbocycles. The molecule has 30 heavy (non-hydrogen) atoms. The zero-order chi connectivity index (χ0) is 21.7. The van der Waals surface area contributed by atoms with Crippen molar-refractivity contribution < 1.29 is 14.1 Å². The first kappa shape index (κ1) is 21.0. The molecule has 0 aliphatic carbocycles. The lowest BCUT2D eigenvalue weighted by molar-refractivity contribution is -0.384. The number of halogens is 1. The monoisotopic (exact) mass is 411 g/mol. The number of nitro benzene ring substituents is 1. The molecule has 1 amide bonds. The standard InChI is InChI=1S/C21H22FN5O3/c1-14(2)20-19(13-25-26(20)17-7-3-15(22)4-8-17)21(28)24-12-11-23-16-5-9-18(10-6-16)27(29)30/h3-10,13-14,23H,11-12H2,1-2H3,(H,24,28). The van der Waals surface area contributed by atoms with Gasteiger partial charge in [0.1, 0.15) is 5.82 Å². The van der Waals surface area contributed by atoms with Gasteiger partial charge in [0.25, 0.3) is 11.6 Å². The van der Waals surface area contributed by atoms with Gasteiger partial charge >= 0.3 is 0 Å². The lowest BCUT2D eigenvalue weighted by Gasteiger charge is -2.13. The van der Waals surface area contributed by atoms with E-state index in [9.17, 15) is 19.3 Å². The summed E-state index contributed by atoms with van der Waals surface area (Å²) in [6.07, 6.45) is 1.51. The van der Waals surface area contributed by atoms with E-state index in [2.05, 4.69) is 15.7 Å². The molecule has 2 aromatic carbocycles. The topological polar surface area (TPSA) is 102 Å². The maximum Gasteiger partial charge on any atom is 0.269 e. The van der Waals surface area contributed by atoms with E-state index < -0.39 is 4.92 Å². The van der Waals surface area contributed by atoms with Crippen LogP contribution in [0.15, 0.2) is 54.7 Å². The lowest BCUT2D eigenvalue weighted by Crippen LogP contribution is -2.29. The molecule has 8 nitrogen and oxygen atoms in total. The molecule has 0 bridgehead atoms. The van der Waals surface area contributed by atoms with E-state index in [-0.39, 0.29) is 23.3 Å². The summed E-state index contributed by atoms with van der Waals surface area (Å²) in [5.41, 5.74) is 2.63. The molecule has 3 aromatic rings. The van der Waals surface area contributed by atoms with E-state index in [1.54, 1.807) is 28.9 Å². The van der Waals surface area contributed by atoms with Gasteiger partial charge in [-0.25, -0.2) is 9.07 Å². The number of carbonyl (C=O) groups excluding carboxylic acids is 1. The van der Waals surface area contributed by atoms with E-state index in [0.717, 1.165) is 11.4 Å². The maximum absolute atomic E-state index is 13.2. The number of nitrogens with one attached hydrogen (secondary N) is 2. The van der Waals surface area contributed by atoms with Crippen molar-refractivity contribution >= 4 is 17.3 Å². The van der Waals surface area contributed by atoms with E-state index in [0.29, 0.717) is 24.3 Å². The Bertz CT molecular complexity index is 1030. The van der Waals surface area contributed by atoms with Crippen molar-refractivity contribution in [3.63, 3.8) is 0 Å². The third kappa shape index (κ3) is 4.80. The summed E-state index contributed by atoms with van der Waals surface area (Å²) in [4.78, 5) is 22.9. The minimum Gasteiger partial charge on any atom is -0.383 e. The molecule has 0 atom stereocenters. The van der Waals surface area contributed by atoms with Crippen molar-refractivity contribution in [3.05, 3.63) is 81.9 Å². The third-order valence-corrected chi connectivity index (χ3v) is 4.49. The Kier molecular flexibility index (Phi) is 6.41. The number of nitro groups is 1. The predicted molar refractivity (Wildman–Crippen MR) is 112 cm³/mol. The highest BCUT2D eigenvalue weighted by molar-refractivity contribution is 5.95. The molecule has 9 heteroatoms. The Hall–Kier alpha value is -3.75. The van der Waals surface area contributed by atoms with Crippen LogP contribution in [0, 0.1) is 15.9 Å². The molecular formula is C21H22FN5O3. The zero-order valence-corrected chi connectivity index (χ0v) is 16.6. The first-order valence-electron chi connectivity index (χ1n) is 9.47. The van der Waals surface area contributed by atoms with Crippen LogP contribution in [0.3, 0.4) is 0 Å².